The van der Waals surface area contributed by atoms with Gasteiger partial charge in [-0.25, -0.2) is 4.98 Å². The van der Waals surface area contributed by atoms with Crippen LogP contribution in [0.3, 0.4) is 0 Å². The predicted molar refractivity (Wildman–Crippen MR) is 63.4 cm³/mol. The minimum absolute atomic E-state index is 0.235. The van der Waals surface area contributed by atoms with Gasteiger partial charge < -0.3 is 11.1 Å². The first-order valence-electron chi connectivity index (χ1n) is 4.72. The fourth-order valence-electron chi connectivity index (χ4n) is 1.07. The van der Waals surface area contributed by atoms with Crippen LogP contribution in [-0.2, 0) is 0 Å². The summed E-state index contributed by atoms with van der Waals surface area (Å²) in [5.41, 5.74) is 6.64. The highest BCUT2D eigenvalue weighted by molar-refractivity contribution is 9.10. The van der Waals surface area contributed by atoms with Crippen molar-refractivity contribution < 1.29 is 0 Å². The van der Waals surface area contributed by atoms with E-state index in [0.717, 1.165) is 29.0 Å². The van der Waals surface area contributed by atoms with Crippen LogP contribution >= 0.6 is 15.9 Å². The van der Waals surface area contributed by atoms with Crippen LogP contribution in [0, 0.1) is 6.92 Å². The summed E-state index contributed by atoms with van der Waals surface area (Å²) in [5.74, 6) is 0.909. The molecule has 0 aliphatic rings. The lowest BCUT2D eigenvalue weighted by Crippen LogP contribution is -2.19. The van der Waals surface area contributed by atoms with Crippen LogP contribution in [-0.4, -0.2) is 17.6 Å². The average molecular weight is 258 g/mol. The van der Waals surface area contributed by atoms with Crippen molar-refractivity contribution in [1.29, 1.82) is 0 Å². The molecule has 0 saturated carbocycles. The first kappa shape index (κ1) is 11.5. The Labute approximate surface area is 93.2 Å². The molecule has 0 aromatic carbocycles. The number of nitrogens with one attached hydrogen (secondary N) is 1. The van der Waals surface area contributed by atoms with Crippen molar-refractivity contribution in [3.8, 4) is 0 Å². The van der Waals surface area contributed by atoms with Crippen LogP contribution < -0.4 is 11.1 Å². The molecule has 0 radical (unpaired) electrons. The molecular weight excluding hydrogens is 242 g/mol. The van der Waals surface area contributed by atoms with E-state index >= 15 is 0 Å². The maximum atomic E-state index is 5.64. The number of hydrogen-bond acceptors (Lipinski definition) is 3. The minimum atomic E-state index is 0.235. The maximum Gasteiger partial charge on any atom is 0.126 e. The average Bonchev–Trinajstić information content (AvgIpc) is 2.10. The lowest BCUT2D eigenvalue weighted by molar-refractivity contribution is 0.689. The Morgan fingerprint density at radius 1 is 1.57 bits per heavy atom. The predicted octanol–water partition coefficient (Wildman–Crippen LogP) is 2.30. The second kappa shape index (κ2) is 5.32. The fourth-order valence-corrected chi connectivity index (χ4v) is 1.29. The van der Waals surface area contributed by atoms with Gasteiger partial charge in [-0.1, -0.05) is 0 Å². The van der Waals surface area contributed by atoms with E-state index in [-0.39, 0.29) is 6.04 Å². The lowest BCUT2D eigenvalue weighted by Gasteiger charge is -2.08. The van der Waals surface area contributed by atoms with Crippen molar-refractivity contribution in [3.05, 3.63) is 22.3 Å². The standard InChI is InChI=1S/C10H16BrN3/c1-7(12)5-6-13-10-4-3-9(11)8(2)14-10/h3-4,7H,5-6,12H2,1-2H3,(H,13,14). The third-order valence-electron chi connectivity index (χ3n) is 1.93. The number of hydrogen-bond donors (Lipinski definition) is 2. The summed E-state index contributed by atoms with van der Waals surface area (Å²) in [6.07, 6.45) is 0.955. The van der Waals surface area contributed by atoms with E-state index in [2.05, 4.69) is 26.2 Å². The molecule has 3 nitrogen and oxygen atoms in total. The topological polar surface area (TPSA) is 50.9 Å². The summed E-state index contributed by atoms with van der Waals surface area (Å²) < 4.78 is 1.04. The van der Waals surface area contributed by atoms with Gasteiger partial charge >= 0.3 is 0 Å². The second-order valence-corrected chi connectivity index (χ2v) is 4.31. The van der Waals surface area contributed by atoms with Crippen LogP contribution in [0.15, 0.2) is 16.6 Å². The molecule has 1 aromatic heterocycles. The molecule has 1 atom stereocenters. The zero-order valence-corrected chi connectivity index (χ0v) is 10.1. The highest BCUT2D eigenvalue weighted by Crippen LogP contribution is 2.15. The summed E-state index contributed by atoms with van der Waals surface area (Å²) in [6.45, 7) is 4.84. The number of anilines is 1. The highest BCUT2D eigenvalue weighted by Gasteiger charge is 1.99. The number of aryl methyl sites for hydroxylation is 1. The maximum absolute atomic E-state index is 5.64. The van der Waals surface area contributed by atoms with Gasteiger partial charge in [0.1, 0.15) is 5.82 Å². The van der Waals surface area contributed by atoms with Crippen molar-refractivity contribution in [3.63, 3.8) is 0 Å². The van der Waals surface area contributed by atoms with Crippen molar-refractivity contribution in [2.24, 2.45) is 5.73 Å². The minimum Gasteiger partial charge on any atom is -0.370 e. The number of rotatable bonds is 4. The summed E-state index contributed by atoms with van der Waals surface area (Å²) in [6, 6.07) is 4.19. The molecule has 0 bridgehead atoms. The lowest BCUT2D eigenvalue weighted by atomic mass is 10.2. The van der Waals surface area contributed by atoms with Gasteiger partial charge in [0.25, 0.3) is 0 Å². The zero-order valence-electron chi connectivity index (χ0n) is 8.55. The van der Waals surface area contributed by atoms with E-state index < -0.39 is 0 Å². The Morgan fingerprint density at radius 2 is 2.29 bits per heavy atom. The molecule has 1 heterocycles. The van der Waals surface area contributed by atoms with Crippen LogP contribution in [0.1, 0.15) is 19.0 Å². The molecule has 0 aliphatic carbocycles. The van der Waals surface area contributed by atoms with Gasteiger partial charge in [0.15, 0.2) is 0 Å². The molecule has 0 aliphatic heterocycles. The number of aromatic nitrogens is 1. The summed E-state index contributed by atoms with van der Waals surface area (Å²) >= 11 is 3.41. The number of nitrogens with zero attached hydrogens (tertiary/aromatic N) is 1. The molecule has 1 unspecified atom stereocenters. The number of pyridine rings is 1. The molecule has 0 amide bonds. The molecule has 78 valence electrons. The first-order valence-corrected chi connectivity index (χ1v) is 5.51. The SMILES string of the molecule is Cc1nc(NCCC(C)N)ccc1Br. The molecule has 14 heavy (non-hydrogen) atoms. The number of halogens is 1. The molecule has 0 fully saturated rings. The van der Waals surface area contributed by atoms with Crippen LogP contribution in [0.4, 0.5) is 5.82 Å². The van der Waals surface area contributed by atoms with E-state index in [4.69, 9.17) is 5.73 Å². The van der Waals surface area contributed by atoms with Crippen LogP contribution in [0.5, 0.6) is 0 Å². The first-order chi connectivity index (χ1) is 6.59. The summed E-state index contributed by atoms with van der Waals surface area (Å²) in [7, 11) is 0. The van der Waals surface area contributed by atoms with E-state index in [1.165, 1.54) is 0 Å². The summed E-state index contributed by atoms with van der Waals surface area (Å²) in [4.78, 5) is 4.37. The largest absolute Gasteiger partial charge is 0.370 e. The molecular formula is C10H16BrN3. The van der Waals surface area contributed by atoms with E-state index in [9.17, 15) is 0 Å². The highest BCUT2D eigenvalue weighted by atomic mass is 79.9. The van der Waals surface area contributed by atoms with Crippen molar-refractivity contribution in [2.75, 3.05) is 11.9 Å². The Hall–Kier alpha value is -0.610. The Balaban J connectivity index is 2.47. The van der Waals surface area contributed by atoms with E-state index in [0.29, 0.717) is 0 Å². The summed E-state index contributed by atoms with van der Waals surface area (Å²) in [5, 5.41) is 3.23. The smallest absolute Gasteiger partial charge is 0.126 e. The fraction of sp³-hybridized carbons (Fsp3) is 0.500. The van der Waals surface area contributed by atoms with Crippen LogP contribution in [0.2, 0.25) is 0 Å². The van der Waals surface area contributed by atoms with Gasteiger partial charge in [-0.3, -0.25) is 0 Å². The Bertz CT molecular complexity index is 299. The normalized spacial score (nSPS) is 12.6. The third-order valence-corrected chi connectivity index (χ3v) is 2.77. The zero-order chi connectivity index (χ0) is 10.6. The second-order valence-electron chi connectivity index (χ2n) is 3.46. The van der Waals surface area contributed by atoms with Gasteiger partial charge in [-0.15, -0.1) is 0 Å². The van der Waals surface area contributed by atoms with Gasteiger partial charge in [-0.05, 0) is 48.3 Å². The molecule has 1 rings (SSSR count). The monoisotopic (exact) mass is 257 g/mol. The van der Waals surface area contributed by atoms with Crippen molar-refractivity contribution in [1.82, 2.24) is 4.98 Å². The van der Waals surface area contributed by atoms with Gasteiger partial charge in [0.05, 0.1) is 5.69 Å². The number of nitrogens with two attached hydrogens (primary N) is 1. The molecule has 4 heteroatoms. The van der Waals surface area contributed by atoms with Crippen LogP contribution in [0.25, 0.3) is 0 Å². The molecule has 1 aromatic rings. The van der Waals surface area contributed by atoms with E-state index in [1.807, 2.05) is 26.0 Å². The van der Waals surface area contributed by atoms with Gasteiger partial charge in [0.2, 0.25) is 0 Å². The van der Waals surface area contributed by atoms with Gasteiger partial charge in [-0.2, -0.15) is 0 Å². The van der Waals surface area contributed by atoms with E-state index in [1.54, 1.807) is 0 Å². The Morgan fingerprint density at radius 3 is 2.86 bits per heavy atom. The van der Waals surface area contributed by atoms with Crippen molar-refractivity contribution in [2.45, 2.75) is 26.3 Å². The molecule has 0 saturated heterocycles. The Kier molecular flexibility index (Phi) is 4.35. The van der Waals surface area contributed by atoms with Gasteiger partial charge in [0, 0.05) is 17.1 Å². The third kappa shape index (κ3) is 3.64. The quantitative estimate of drug-likeness (QED) is 0.871. The molecule has 3 N–H and O–H groups in total. The van der Waals surface area contributed by atoms with Crippen molar-refractivity contribution >= 4 is 21.7 Å². The molecule has 0 spiro atoms.